The Kier molecular flexibility index (Phi) is 5.63. The highest BCUT2D eigenvalue weighted by Crippen LogP contribution is 2.10. The molecular weight excluding hydrogens is 286 g/mol. The molecule has 1 N–H and O–H groups in total. The Morgan fingerprint density at radius 3 is 2.38 bits per heavy atom. The predicted octanol–water partition coefficient (Wildman–Crippen LogP) is 2.07. The van der Waals surface area contributed by atoms with Crippen molar-refractivity contribution in [3.8, 4) is 0 Å². The Balaban J connectivity index is 1.98. The summed E-state index contributed by atoms with van der Waals surface area (Å²) in [6.45, 7) is 0. The van der Waals surface area contributed by atoms with Crippen LogP contribution >= 0.6 is 0 Å². The third-order valence-electron chi connectivity index (χ3n) is 3.20. The molecule has 5 heteroatoms. The molecule has 2 rings (SSSR count). The van der Waals surface area contributed by atoms with Crippen LogP contribution in [0.2, 0.25) is 0 Å². The van der Waals surface area contributed by atoms with Gasteiger partial charge in [-0.3, -0.25) is 14.0 Å². The van der Waals surface area contributed by atoms with Gasteiger partial charge in [0.15, 0.2) is 0 Å². The zero-order valence-electron chi connectivity index (χ0n) is 11.5. The Bertz CT molecular complexity index is 601. The van der Waals surface area contributed by atoms with E-state index in [1.807, 2.05) is 42.5 Å². The minimum Gasteiger partial charge on any atom is -0.480 e. The van der Waals surface area contributed by atoms with E-state index >= 15 is 0 Å². The van der Waals surface area contributed by atoms with Gasteiger partial charge in [-0.25, -0.2) is 0 Å². The molecule has 2 unspecified atom stereocenters. The van der Waals surface area contributed by atoms with Gasteiger partial charge in [-0.05, 0) is 36.1 Å². The fourth-order valence-corrected chi connectivity index (χ4v) is 3.36. The van der Waals surface area contributed by atoms with Crippen molar-refractivity contribution in [1.82, 2.24) is 4.98 Å². The number of rotatable bonds is 7. The van der Waals surface area contributed by atoms with Gasteiger partial charge in [0.05, 0.1) is 0 Å². The summed E-state index contributed by atoms with van der Waals surface area (Å²) in [6.07, 6.45) is 4.24. The summed E-state index contributed by atoms with van der Waals surface area (Å²) in [5.74, 6) is -0.666. The second-order valence-corrected chi connectivity index (χ2v) is 6.45. The maximum absolute atomic E-state index is 12.3. The van der Waals surface area contributed by atoms with Crippen molar-refractivity contribution in [3.05, 3.63) is 66.0 Å². The van der Waals surface area contributed by atoms with Gasteiger partial charge in [0, 0.05) is 28.9 Å². The smallest absolute Gasteiger partial charge is 0.319 e. The molecule has 110 valence electrons. The van der Waals surface area contributed by atoms with Crippen molar-refractivity contribution < 1.29 is 14.1 Å². The fourth-order valence-electron chi connectivity index (χ4n) is 2.03. The molecule has 0 aliphatic rings. The van der Waals surface area contributed by atoms with Gasteiger partial charge in [0.2, 0.25) is 0 Å². The fraction of sp³-hybridized carbons (Fsp3) is 0.250. The van der Waals surface area contributed by atoms with Crippen molar-refractivity contribution in [1.29, 1.82) is 0 Å². The molecule has 0 saturated heterocycles. The molecule has 0 saturated carbocycles. The molecule has 21 heavy (non-hydrogen) atoms. The molecule has 0 spiro atoms. The van der Waals surface area contributed by atoms with Crippen LogP contribution in [0, 0.1) is 0 Å². The topological polar surface area (TPSA) is 67.3 Å². The molecule has 0 aliphatic carbocycles. The van der Waals surface area contributed by atoms with E-state index in [4.69, 9.17) is 0 Å². The highest BCUT2D eigenvalue weighted by molar-refractivity contribution is 7.86. The summed E-state index contributed by atoms with van der Waals surface area (Å²) in [5.41, 5.74) is 1.91. The first-order chi connectivity index (χ1) is 10.2. The van der Waals surface area contributed by atoms with Crippen molar-refractivity contribution in [2.75, 3.05) is 5.75 Å². The van der Waals surface area contributed by atoms with Crippen LogP contribution in [0.4, 0.5) is 0 Å². The predicted molar refractivity (Wildman–Crippen MR) is 82.5 cm³/mol. The number of aromatic nitrogens is 1. The van der Waals surface area contributed by atoms with Crippen LogP contribution in [-0.2, 0) is 28.4 Å². The second kappa shape index (κ2) is 7.69. The van der Waals surface area contributed by atoms with Crippen LogP contribution < -0.4 is 0 Å². The first-order valence-corrected chi connectivity index (χ1v) is 8.08. The lowest BCUT2D eigenvalue weighted by molar-refractivity contribution is -0.136. The quantitative estimate of drug-likeness (QED) is 0.850. The summed E-state index contributed by atoms with van der Waals surface area (Å²) in [4.78, 5) is 15.3. The zero-order valence-corrected chi connectivity index (χ0v) is 12.3. The highest BCUT2D eigenvalue weighted by atomic mass is 32.2. The third-order valence-corrected chi connectivity index (χ3v) is 4.81. The number of pyridine rings is 1. The van der Waals surface area contributed by atoms with E-state index in [2.05, 4.69) is 4.98 Å². The average molecular weight is 303 g/mol. The number of benzene rings is 1. The maximum Gasteiger partial charge on any atom is 0.319 e. The standard InChI is InChI=1S/C16H17NO3S/c18-16(19)15(12-14-4-2-1-3-5-14)21(20)11-8-13-6-9-17-10-7-13/h1-7,9-10,15H,8,11-12H2,(H,18,19). The van der Waals surface area contributed by atoms with E-state index in [1.54, 1.807) is 12.4 Å². The number of hydrogen-bond donors (Lipinski definition) is 1. The summed E-state index contributed by atoms with van der Waals surface area (Å²) in [5, 5.41) is 8.43. The van der Waals surface area contributed by atoms with E-state index in [0.29, 0.717) is 18.6 Å². The SMILES string of the molecule is O=C(O)C(Cc1ccccc1)S(=O)CCc1ccncc1. The van der Waals surface area contributed by atoms with Crippen molar-refractivity contribution >= 4 is 16.8 Å². The van der Waals surface area contributed by atoms with Crippen LogP contribution in [0.25, 0.3) is 0 Å². The van der Waals surface area contributed by atoms with Crippen LogP contribution in [0.1, 0.15) is 11.1 Å². The number of carboxylic acid groups (broad SMARTS) is 1. The average Bonchev–Trinajstić information content (AvgIpc) is 2.52. The summed E-state index contributed by atoms with van der Waals surface area (Å²) in [7, 11) is -1.41. The van der Waals surface area contributed by atoms with Crippen molar-refractivity contribution in [2.24, 2.45) is 0 Å². The van der Waals surface area contributed by atoms with Crippen LogP contribution in [0.3, 0.4) is 0 Å². The molecule has 0 bridgehead atoms. The first-order valence-electron chi connectivity index (χ1n) is 6.69. The highest BCUT2D eigenvalue weighted by Gasteiger charge is 2.24. The number of aryl methyl sites for hydroxylation is 1. The van der Waals surface area contributed by atoms with Crippen molar-refractivity contribution in [3.63, 3.8) is 0 Å². The van der Waals surface area contributed by atoms with E-state index in [1.165, 1.54) is 0 Å². The zero-order chi connectivity index (χ0) is 15.1. The summed E-state index contributed by atoms with van der Waals surface area (Å²) in [6, 6.07) is 13.0. The van der Waals surface area contributed by atoms with E-state index < -0.39 is 22.0 Å². The van der Waals surface area contributed by atoms with Crippen LogP contribution in [0.5, 0.6) is 0 Å². The van der Waals surface area contributed by atoms with Gasteiger partial charge >= 0.3 is 5.97 Å². The van der Waals surface area contributed by atoms with Gasteiger partial charge in [0.1, 0.15) is 5.25 Å². The number of aliphatic carboxylic acids is 1. The Morgan fingerprint density at radius 1 is 1.10 bits per heavy atom. The number of carbonyl (C=O) groups is 1. The summed E-state index contributed by atoms with van der Waals surface area (Å²) < 4.78 is 12.3. The molecule has 1 aromatic carbocycles. The Labute approximate surface area is 126 Å². The molecule has 1 heterocycles. The second-order valence-electron chi connectivity index (χ2n) is 4.71. The molecule has 4 nitrogen and oxygen atoms in total. The van der Waals surface area contributed by atoms with Gasteiger partial charge in [-0.2, -0.15) is 0 Å². The number of nitrogens with zero attached hydrogens (tertiary/aromatic N) is 1. The largest absolute Gasteiger partial charge is 0.480 e. The molecular formula is C16H17NO3S. The lowest BCUT2D eigenvalue weighted by atomic mass is 10.1. The van der Waals surface area contributed by atoms with Gasteiger partial charge in [-0.1, -0.05) is 30.3 Å². The van der Waals surface area contributed by atoms with E-state index in [0.717, 1.165) is 11.1 Å². The lowest BCUT2D eigenvalue weighted by Gasteiger charge is -2.12. The van der Waals surface area contributed by atoms with Gasteiger partial charge < -0.3 is 5.11 Å². The monoisotopic (exact) mass is 303 g/mol. The minimum atomic E-state index is -1.41. The van der Waals surface area contributed by atoms with Gasteiger partial charge in [0.25, 0.3) is 0 Å². The third kappa shape index (κ3) is 4.79. The van der Waals surface area contributed by atoms with Gasteiger partial charge in [-0.15, -0.1) is 0 Å². The van der Waals surface area contributed by atoms with Crippen LogP contribution in [-0.4, -0.2) is 31.3 Å². The molecule has 2 aromatic rings. The van der Waals surface area contributed by atoms with Crippen molar-refractivity contribution in [2.45, 2.75) is 18.1 Å². The van der Waals surface area contributed by atoms with Crippen LogP contribution in [0.15, 0.2) is 54.9 Å². The maximum atomic E-state index is 12.3. The summed E-state index contributed by atoms with van der Waals surface area (Å²) >= 11 is 0. The lowest BCUT2D eigenvalue weighted by Crippen LogP contribution is -2.30. The first kappa shape index (κ1) is 15.4. The molecule has 2 atom stereocenters. The Hall–Kier alpha value is -2.01. The molecule has 0 aliphatic heterocycles. The normalized spacial score (nSPS) is 13.5. The number of hydrogen-bond acceptors (Lipinski definition) is 3. The minimum absolute atomic E-state index is 0.291. The molecule has 0 radical (unpaired) electrons. The van der Waals surface area contributed by atoms with E-state index in [-0.39, 0.29) is 0 Å². The molecule has 0 fully saturated rings. The molecule has 1 aromatic heterocycles. The number of carboxylic acids is 1. The van der Waals surface area contributed by atoms with E-state index in [9.17, 15) is 14.1 Å². The Morgan fingerprint density at radius 2 is 1.76 bits per heavy atom. The molecule has 0 amide bonds.